The van der Waals surface area contributed by atoms with Gasteiger partial charge in [0.25, 0.3) is 5.91 Å². The van der Waals surface area contributed by atoms with E-state index in [4.69, 9.17) is 0 Å². The molecule has 1 aromatic heterocycles. The second-order valence-electron chi connectivity index (χ2n) is 5.26. The standard InChI is InChI=1S/C18H13F3N2O/c19-18(20,21)14-6-3-4-12(10-14)11-23-17(24)16-15-7-2-1-5-13(15)8-9-22-16/h1-10H,11H2,(H,23,24). The molecule has 0 aliphatic carbocycles. The van der Waals surface area contributed by atoms with E-state index in [1.165, 1.54) is 18.3 Å². The zero-order valence-electron chi connectivity index (χ0n) is 12.5. The summed E-state index contributed by atoms with van der Waals surface area (Å²) in [4.78, 5) is 16.4. The van der Waals surface area contributed by atoms with Gasteiger partial charge in [-0.25, -0.2) is 0 Å². The van der Waals surface area contributed by atoms with E-state index in [1.807, 2.05) is 12.1 Å². The molecule has 0 radical (unpaired) electrons. The summed E-state index contributed by atoms with van der Waals surface area (Å²) in [7, 11) is 0. The summed E-state index contributed by atoms with van der Waals surface area (Å²) in [6.07, 6.45) is -2.88. The third-order valence-electron chi connectivity index (χ3n) is 3.60. The fourth-order valence-electron chi connectivity index (χ4n) is 2.42. The number of pyridine rings is 1. The third kappa shape index (κ3) is 3.37. The molecule has 3 rings (SSSR count). The van der Waals surface area contributed by atoms with Crippen LogP contribution in [0.15, 0.2) is 60.8 Å². The number of rotatable bonds is 3. The van der Waals surface area contributed by atoms with Gasteiger partial charge in [-0.05, 0) is 29.1 Å². The van der Waals surface area contributed by atoms with E-state index in [9.17, 15) is 18.0 Å². The summed E-state index contributed by atoms with van der Waals surface area (Å²) >= 11 is 0. The molecule has 0 unspecified atom stereocenters. The topological polar surface area (TPSA) is 42.0 Å². The summed E-state index contributed by atoms with van der Waals surface area (Å²) in [6, 6.07) is 14.0. The van der Waals surface area contributed by atoms with Gasteiger partial charge in [0.05, 0.1) is 5.56 Å². The molecule has 2 aromatic carbocycles. The molecule has 3 aromatic rings. The summed E-state index contributed by atoms with van der Waals surface area (Å²) in [6.45, 7) is -0.00630. The Bertz CT molecular complexity index is 885. The lowest BCUT2D eigenvalue weighted by Crippen LogP contribution is -2.24. The average Bonchev–Trinajstić information content (AvgIpc) is 2.58. The van der Waals surface area contributed by atoms with Crippen LogP contribution >= 0.6 is 0 Å². The minimum atomic E-state index is -4.41. The minimum absolute atomic E-state index is 0.00630. The molecule has 1 amide bonds. The van der Waals surface area contributed by atoms with E-state index < -0.39 is 17.6 Å². The van der Waals surface area contributed by atoms with E-state index in [0.717, 1.165) is 17.5 Å². The second-order valence-corrected chi connectivity index (χ2v) is 5.26. The van der Waals surface area contributed by atoms with E-state index in [2.05, 4.69) is 10.3 Å². The number of nitrogens with one attached hydrogen (secondary N) is 1. The van der Waals surface area contributed by atoms with Crippen LogP contribution in [0.3, 0.4) is 0 Å². The maximum Gasteiger partial charge on any atom is 0.416 e. The van der Waals surface area contributed by atoms with Gasteiger partial charge in [0.2, 0.25) is 0 Å². The maximum absolute atomic E-state index is 12.7. The van der Waals surface area contributed by atoms with E-state index in [1.54, 1.807) is 18.2 Å². The molecular weight excluding hydrogens is 317 g/mol. The Kier molecular flexibility index (Phi) is 4.20. The molecule has 1 N–H and O–H groups in total. The van der Waals surface area contributed by atoms with Gasteiger partial charge in [0.1, 0.15) is 5.69 Å². The van der Waals surface area contributed by atoms with Crippen LogP contribution in [0, 0.1) is 0 Å². The maximum atomic E-state index is 12.7. The molecule has 1 heterocycles. The van der Waals surface area contributed by atoms with Gasteiger partial charge in [-0.3, -0.25) is 9.78 Å². The predicted octanol–water partition coefficient (Wildman–Crippen LogP) is 4.18. The second kappa shape index (κ2) is 6.31. The van der Waals surface area contributed by atoms with Crippen LogP contribution in [0.2, 0.25) is 0 Å². The number of carbonyl (C=O) groups is 1. The van der Waals surface area contributed by atoms with Crippen molar-refractivity contribution in [2.45, 2.75) is 12.7 Å². The molecule has 0 fully saturated rings. The van der Waals surface area contributed by atoms with E-state index >= 15 is 0 Å². The first kappa shape index (κ1) is 16.0. The smallest absolute Gasteiger partial charge is 0.347 e. The quantitative estimate of drug-likeness (QED) is 0.783. The first-order valence-electron chi connectivity index (χ1n) is 7.23. The van der Waals surface area contributed by atoms with Crippen molar-refractivity contribution in [2.24, 2.45) is 0 Å². The first-order valence-corrected chi connectivity index (χ1v) is 7.23. The number of hydrogen-bond acceptors (Lipinski definition) is 2. The van der Waals surface area contributed by atoms with Crippen molar-refractivity contribution >= 4 is 16.7 Å². The van der Waals surface area contributed by atoms with Gasteiger partial charge in [-0.2, -0.15) is 13.2 Å². The number of nitrogens with zero attached hydrogens (tertiary/aromatic N) is 1. The number of carbonyl (C=O) groups excluding carboxylic acids is 1. The Morgan fingerprint density at radius 1 is 1.04 bits per heavy atom. The third-order valence-corrected chi connectivity index (χ3v) is 3.60. The molecule has 0 saturated carbocycles. The number of aromatic nitrogens is 1. The molecular formula is C18H13F3N2O. The highest BCUT2D eigenvalue weighted by Crippen LogP contribution is 2.29. The monoisotopic (exact) mass is 330 g/mol. The fourth-order valence-corrected chi connectivity index (χ4v) is 2.42. The number of fused-ring (bicyclic) bond motifs is 1. The normalized spacial score (nSPS) is 11.5. The van der Waals surface area contributed by atoms with Gasteiger partial charge < -0.3 is 5.32 Å². The minimum Gasteiger partial charge on any atom is -0.347 e. The van der Waals surface area contributed by atoms with Crippen LogP contribution in [0.25, 0.3) is 10.8 Å². The molecule has 0 bridgehead atoms. The molecule has 0 atom stereocenters. The van der Waals surface area contributed by atoms with Gasteiger partial charge >= 0.3 is 6.18 Å². The number of alkyl halides is 3. The van der Waals surface area contributed by atoms with Gasteiger partial charge in [-0.15, -0.1) is 0 Å². The Balaban J connectivity index is 1.78. The Morgan fingerprint density at radius 2 is 1.83 bits per heavy atom. The number of amides is 1. The van der Waals surface area contributed by atoms with E-state index in [-0.39, 0.29) is 12.2 Å². The number of benzene rings is 2. The molecule has 0 aliphatic heterocycles. The van der Waals surface area contributed by atoms with Crippen LogP contribution in [0.4, 0.5) is 13.2 Å². The largest absolute Gasteiger partial charge is 0.416 e. The van der Waals surface area contributed by atoms with Crippen LogP contribution in [0.1, 0.15) is 21.6 Å². The van der Waals surface area contributed by atoms with Crippen LogP contribution < -0.4 is 5.32 Å². The van der Waals surface area contributed by atoms with Crippen molar-refractivity contribution in [3.05, 3.63) is 77.6 Å². The number of halogens is 3. The van der Waals surface area contributed by atoms with Crippen molar-refractivity contribution in [2.75, 3.05) is 0 Å². The average molecular weight is 330 g/mol. The molecule has 0 aliphatic rings. The van der Waals surface area contributed by atoms with Gasteiger partial charge in [0, 0.05) is 18.1 Å². The van der Waals surface area contributed by atoms with Crippen LogP contribution in [0.5, 0.6) is 0 Å². The molecule has 3 nitrogen and oxygen atoms in total. The highest BCUT2D eigenvalue weighted by atomic mass is 19.4. The lowest BCUT2D eigenvalue weighted by molar-refractivity contribution is -0.137. The molecule has 122 valence electrons. The molecule has 0 spiro atoms. The summed E-state index contributed by atoms with van der Waals surface area (Å²) < 4.78 is 38.1. The highest BCUT2D eigenvalue weighted by Gasteiger charge is 2.30. The summed E-state index contributed by atoms with van der Waals surface area (Å²) in [5.74, 6) is -0.427. The van der Waals surface area contributed by atoms with Crippen LogP contribution in [-0.4, -0.2) is 10.9 Å². The summed E-state index contributed by atoms with van der Waals surface area (Å²) in [5, 5.41) is 4.19. The van der Waals surface area contributed by atoms with Crippen molar-refractivity contribution < 1.29 is 18.0 Å². The van der Waals surface area contributed by atoms with E-state index in [0.29, 0.717) is 10.9 Å². The van der Waals surface area contributed by atoms with Crippen molar-refractivity contribution in [3.8, 4) is 0 Å². The number of hydrogen-bond donors (Lipinski definition) is 1. The SMILES string of the molecule is O=C(NCc1cccc(C(F)(F)F)c1)c1nccc2ccccc12. The van der Waals surface area contributed by atoms with Crippen molar-refractivity contribution in [1.29, 1.82) is 0 Å². The zero-order valence-corrected chi connectivity index (χ0v) is 12.5. The Morgan fingerprint density at radius 3 is 2.62 bits per heavy atom. The first-order chi connectivity index (χ1) is 11.4. The van der Waals surface area contributed by atoms with Crippen molar-refractivity contribution in [3.63, 3.8) is 0 Å². The Labute approximate surface area is 136 Å². The zero-order chi connectivity index (χ0) is 17.2. The lowest BCUT2D eigenvalue weighted by atomic mass is 10.1. The highest BCUT2D eigenvalue weighted by molar-refractivity contribution is 6.05. The molecule has 0 saturated heterocycles. The fraction of sp³-hybridized carbons (Fsp3) is 0.111. The Hall–Kier alpha value is -2.89. The van der Waals surface area contributed by atoms with Crippen molar-refractivity contribution in [1.82, 2.24) is 10.3 Å². The van der Waals surface area contributed by atoms with Gasteiger partial charge in [0.15, 0.2) is 0 Å². The lowest BCUT2D eigenvalue weighted by Gasteiger charge is -2.10. The van der Waals surface area contributed by atoms with Crippen LogP contribution in [-0.2, 0) is 12.7 Å². The summed E-state index contributed by atoms with van der Waals surface area (Å²) in [5.41, 5.74) is -0.115. The predicted molar refractivity (Wildman–Crippen MR) is 84.4 cm³/mol. The molecule has 6 heteroatoms. The van der Waals surface area contributed by atoms with Gasteiger partial charge in [-0.1, -0.05) is 36.4 Å². The molecule has 24 heavy (non-hydrogen) atoms.